The summed E-state index contributed by atoms with van der Waals surface area (Å²) in [5.41, 5.74) is 4.12. The average molecular weight is 437 g/mol. The van der Waals surface area contributed by atoms with Crippen molar-refractivity contribution >= 4 is 0 Å². The molecule has 0 radical (unpaired) electrons. The van der Waals surface area contributed by atoms with Crippen molar-refractivity contribution in [3.05, 3.63) is 59.2 Å². The van der Waals surface area contributed by atoms with E-state index < -0.39 is 0 Å². The summed E-state index contributed by atoms with van der Waals surface area (Å²) in [6.07, 6.45) is 6.58. The van der Waals surface area contributed by atoms with Gasteiger partial charge in [-0.25, -0.2) is 0 Å². The fraction of sp³-hybridized carbons (Fsp3) is 0.571. The largest absolute Gasteiger partial charge is 0.487 e. The molecule has 1 N–H and O–H groups in total. The van der Waals surface area contributed by atoms with Crippen molar-refractivity contribution in [2.75, 3.05) is 20.3 Å². The van der Waals surface area contributed by atoms with Crippen molar-refractivity contribution < 1.29 is 19.3 Å². The molecule has 3 aliphatic carbocycles. The zero-order valence-electron chi connectivity index (χ0n) is 19.4. The molecule has 0 spiro atoms. The van der Waals surface area contributed by atoms with Gasteiger partial charge in [-0.05, 0) is 90.5 Å². The van der Waals surface area contributed by atoms with E-state index in [1.165, 1.54) is 24.0 Å². The van der Waals surface area contributed by atoms with Gasteiger partial charge in [0.25, 0.3) is 0 Å². The predicted molar refractivity (Wildman–Crippen MR) is 125 cm³/mol. The number of benzene rings is 2. The first kappa shape index (κ1) is 21.8. The van der Waals surface area contributed by atoms with E-state index in [1.807, 2.05) is 18.2 Å². The van der Waals surface area contributed by atoms with Gasteiger partial charge in [-0.1, -0.05) is 37.3 Å². The molecule has 0 amide bonds. The van der Waals surface area contributed by atoms with Crippen LogP contribution in [0.3, 0.4) is 0 Å². The van der Waals surface area contributed by atoms with Gasteiger partial charge < -0.3 is 19.3 Å². The van der Waals surface area contributed by atoms with Gasteiger partial charge >= 0.3 is 0 Å². The Morgan fingerprint density at radius 3 is 2.59 bits per heavy atom. The van der Waals surface area contributed by atoms with Crippen molar-refractivity contribution in [2.45, 2.75) is 64.1 Å². The molecular weight excluding hydrogens is 400 g/mol. The van der Waals surface area contributed by atoms with Crippen LogP contribution in [0.1, 0.15) is 61.6 Å². The summed E-state index contributed by atoms with van der Waals surface area (Å²) in [6.45, 7) is 3.93. The number of ether oxygens (including phenoxy) is 3. The predicted octanol–water partition coefficient (Wildman–Crippen LogP) is 5.51. The first-order chi connectivity index (χ1) is 15.6. The number of hydrogen-bond acceptors (Lipinski definition) is 4. The van der Waals surface area contributed by atoms with Gasteiger partial charge in [-0.15, -0.1) is 0 Å². The van der Waals surface area contributed by atoms with Crippen LogP contribution in [-0.2, 0) is 17.8 Å². The summed E-state index contributed by atoms with van der Waals surface area (Å²) in [5.74, 6) is 3.53. The van der Waals surface area contributed by atoms with Gasteiger partial charge in [0, 0.05) is 7.11 Å². The number of aryl methyl sites for hydroxylation is 1. The molecule has 172 valence electrons. The lowest BCUT2D eigenvalue weighted by molar-refractivity contribution is -0.0226. The SMILES string of the molecule is COCCOc1cc2c(cc1OCc1ccccc1)CC[C@@H]1[C@@H]2CC[C@]2(C)[C@@H](O)CC[C@@H]12. The molecule has 4 heteroatoms. The van der Waals surface area contributed by atoms with Crippen LogP contribution in [0.4, 0.5) is 0 Å². The van der Waals surface area contributed by atoms with E-state index in [4.69, 9.17) is 14.2 Å². The van der Waals surface area contributed by atoms with E-state index in [2.05, 4.69) is 31.2 Å². The highest BCUT2D eigenvalue weighted by molar-refractivity contribution is 5.50. The summed E-state index contributed by atoms with van der Waals surface area (Å²) in [6, 6.07) is 14.8. The van der Waals surface area contributed by atoms with Gasteiger partial charge in [-0.3, -0.25) is 0 Å². The molecule has 32 heavy (non-hydrogen) atoms. The topological polar surface area (TPSA) is 47.9 Å². The zero-order chi connectivity index (χ0) is 22.1. The molecule has 3 aliphatic rings. The maximum absolute atomic E-state index is 10.7. The first-order valence-corrected chi connectivity index (χ1v) is 12.2. The van der Waals surface area contributed by atoms with Crippen LogP contribution in [0.15, 0.2) is 42.5 Å². The average Bonchev–Trinajstić information content (AvgIpc) is 3.12. The second kappa shape index (κ2) is 9.07. The minimum absolute atomic E-state index is 0.106. The van der Waals surface area contributed by atoms with E-state index in [-0.39, 0.29) is 11.5 Å². The third kappa shape index (κ3) is 3.92. The molecule has 0 saturated heterocycles. The van der Waals surface area contributed by atoms with Gasteiger partial charge in [-0.2, -0.15) is 0 Å². The lowest BCUT2D eigenvalue weighted by Crippen LogP contribution is -2.43. The molecule has 2 aromatic rings. The van der Waals surface area contributed by atoms with Crippen molar-refractivity contribution in [3.8, 4) is 11.5 Å². The molecule has 5 rings (SSSR count). The Balaban J connectivity index is 1.42. The van der Waals surface area contributed by atoms with Crippen molar-refractivity contribution in [3.63, 3.8) is 0 Å². The fourth-order valence-corrected chi connectivity index (χ4v) is 6.75. The van der Waals surface area contributed by atoms with Gasteiger partial charge in [0.05, 0.1) is 12.7 Å². The van der Waals surface area contributed by atoms with Crippen molar-refractivity contribution in [1.82, 2.24) is 0 Å². The van der Waals surface area contributed by atoms with Crippen LogP contribution in [-0.4, -0.2) is 31.5 Å². The normalized spacial score (nSPS) is 30.8. The Hall–Kier alpha value is -2.04. The molecule has 2 saturated carbocycles. The van der Waals surface area contributed by atoms with Crippen LogP contribution < -0.4 is 9.47 Å². The molecule has 5 atom stereocenters. The lowest BCUT2D eigenvalue weighted by Gasteiger charge is -2.50. The van der Waals surface area contributed by atoms with Gasteiger partial charge in [0.1, 0.15) is 13.2 Å². The Morgan fingerprint density at radius 2 is 1.78 bits per heavy atom. The zero-order valence-corrected chi connectivity index (χ0v) is 19.4. The summed E-state index contributed by atoms with van der Waals surface area (Å²) in [4.78, 5) is 0. The maximum Gasteiger partial charge on any atom is 0.161 e. The smallest absolute Gasteiger partial charge is 0.161 e. The quantitative estimate of drug-likeness (QED) is 0.582. The highest BCUT2D eigenvalue weighted by atomic mass is 16.5. The number of fused-ring (bicyclic) bond motifs is 5. The van der Waals surface area contributed by atoms with Crippen LogP contribution in [0, 0.1) is 17.3 Å². The number of hydrogen-bond donors (Lipinski definition) is 1. The summed E-state index contributed by atoms with van der Waals surface area (Å²) in [7, 11) is 1.70. The highest BCUT2D eigenvalue weighted by Crippen LogP contribution is 2.61. The second-order valence-electron chi connectivity index (χ2n) is 10.2. The molecule has 0 aliphatic heterocycles. The molecule has 0 bridgehead atoms. The third-order valence-corrected chi connectivity index (χ3v) is 8.52. The van der Waals surface area contributed by atoms with Crippen LogP contribution >= 0.6 is 0 Å². The Morgan fingerprint density at radius 1 is 0.969 bits per heavy atom. The van der Waals surface area contributed by atoms with Gasteiger partial charge in [0.2, 0.25) is 0 Å². The molecule has 0 aromatic heterocycles. The maximum atomic E-state index is 10.7. The molecular formula is C28H36O4. The van der Waals surface area contributed by atoms with E-state index in [9.17, 15) is 5.11 Å². The standard InChI is InChI=1S/C28H36O4/c1-28-13-12-21-22(24(28)10-11-27(28)29)9-8-20-16-25(32-18-19-6-4-3-5-7-19)26(17-23(20)21)31-15-14-30-2/h3-7,16-17,21-22,24,27,29H,8-15,18H2,1-2H3/t21-,22+,24-,27-,28-/m0/s1. The molecule has 0 heterocycles. The van der Waals surface area contributed by atoms with E-state index in [1.54, 1.807) is 7.11 Å². The summed E-state index contributed by atoms with van der Waals surface area (Å²) < 4.78 is 17.6. The molecule has 2 fully saturated rings. The number of aliphatic hydroxyl groups is 1. The Kier molecular flexibility index (Phi) is 6.18. The Bertz CT molecular complexity index is 927. The monoisotopic (exact) mass is 436 g/mol. The van der Waals surface area contributed by atoms with E-state index in [0.717, 1.165) is 42.7 Å². The lowest BCUT2D eigenvalue weighted by atomic mass is 9.55. The first-order valence-electron chi connectivity index (χ1n) is 12.2. The van der Waals surface area contributed by atoms with Crippen LogP contribution in [0.5, 0.6) is 11.5 Å². The number of methoxy groups -OCH3 is 1. The van der Waals surface area contributed by atoms with Crippen molar-refractivity contribution in [1.29, 1.82) is 0 Å². The Labute approximate surface area is 191 Å². The molecule has 4 nitrogen and oxygen atoms in total. The van der Waals surface area contributed by atoms with Gasteiger partial charge in [0.15, 0.2) is 11.5 Å². The number of aliphatic hydroxyl groups excluding tert-OH is 1. The third-order valence-electron chi connectivity index (χ3n) is 8.52. The van der Waals surface area contributed by atoms with Crippen LogP contribution in [0.2, 0.25) is 0 Å². The summed E-state index contributed by atoms with van der Waals surface area (Å²) in [5, 5.41) is 10.7. The fourth-order valence-electron chi connectivity index (χ4n) is 6.75. The highest BCUT2D eigenvalue weighted by Gasteiger charge is 2.54. The summed E-state index contributed by atoms with van der Waals surface area (Å²) >= 11 is 0. The number of rotatable bonds is 7. The second-order valence-corrected chi connectivity index (χ2v) is 10.2. The van der Waals surface area contributed by atoms with Crippen LogP contribution in [0.25, 0.3) is 0 Å². The van der Waals surface area contributed by atoms with Crippen molar-refractivity contribution in [2.24, 2.45) is 17.3 Å². The van der Waals surface area contributed by atoms with E-state index >= 15 is 0 Å². The minimum Gasteiger partial charge on any atom is -0.487 e. The molecule has 2 aromatic carbocycles. The molecule has 0 unspecified atom stereocenters. The minimum atomic E-state index is -0.128. The van der Waals surface area contributed by atoms with E-state index in [0.29, 0.717) is 37.6 Å².